The zero-order valence-corrected chi connectivity index (χ0v) is 15.1. The Morgan fingerprint density at radius 3 is 2.48 bits per heavy atom. The highest BCUT2D eigenvalue weighted by Gasteiger charge is 2.27. The lowest BCUT2D eigenvalue weighted by Gasteiger charge is -2.12. The van der Waals surface area contributed by atoms with Crippen LogP contribution in [-0.4, -0.2) is 36.9 Å². The molecule has 0 aliphatic carbocycles. The van der Waals surface area contributed by atoms with Crippen molar-refractivity contribution in [2.45, 2.75) is 26.3 Å². The number of pyridine rings is 1. The van der Waals surface area contributed by atoms with Gasteiger partial charge in [-0.3, -0.25) is 4.79 Å². The summed E-state index contributed by atoms with van der Waals surface area (Å²) in [4.78, 5) is 16.4. The van der Waals surface area contributed by atoms with Gasteiger partial charge in [0.2, 0.25) is 0 Å². The van der Waals surface area contributed by atoms with Crippen LogP contribution in [0.5, 0.6) is 0 Å². The van der Waals surface area contributed by atoms with Crippen molar-refractivity contribution in [2.75, 3.05) is 22.1 Å². The Balaban J connectivity index is 1.63. The number of aromatic nitrogens is 1. The normalized spacial score (nSPS) is 18.7. The molecule has 1 aromatic heterocycles. The average molecular weight is 359 g/mol. The van der Waals surface area contributed by atoms with E-state index in [1.165, 1.54) is 5.56 Å². The largest absolute Gasteiger partial charge is 0.380 e. The molecule has 3 rings (SSSR count). The van der Waals surface area contributed by atoms with Crippen LogP contribution in [0.25, 0.3) is 0 Å². The molecule has 1 aromatic carbocycles. The third kappa shape index (κ3) is 4.36. The van der Waals surface area contributed by atoms with Gasteiger partial charge < -0.3 is 10.6 Å². The van der Waals surface area contributed by atoms with Gasteiger partial charge in [-0.2, -0.15) is 0 Å². The van der Waals surface area contributed by atoms with Crippen LogP contribution >= 0.6 is 0 Å². The van der Waals surface area contributed by atoms with Gasteiger partial charge in [0.15, 0.2) is 9.84 Å². The Kier molecular flexibility index (Phi) is 4.76. The second-order valence-electron chi connectivity index (χ2n) is 6.43. The average Bonchev–Trinajstić information content (AvgIpc) is 2.90. The topological polar surface area (TPSA) is 88.2 Å². The minimum atomic E-state index is -2.93. The number of hydrogen-bond acceptors (Lipinski definition) is 5. The van der Waals surface area contributed by atoms with Crippen LogP contribution in [0, 0.1) is 13.8 Å². The molecule has 1 aliphatic rings. The van der Waals surface area contributed by atoms with Gasteiger partial charge in [-0.05, 0) is 55.7 Å². The third-order valence-electron chi connectivity index (χ3n) is 4.36. The van der Waals surface area contributed by atoms with Gasteiger partial charge in [-0.15, -0.1) is 0 Å². The number of amides is 1. The van der Waals surface area contributed by atoms with E-state index in [0.29, 0.717) is 17.8 Å². The first-order valence-electron chi connectivity index (χ1n) is 8.14. The molecule has 1 saturated heterocycles. The fourth-order valence-corrected chi connectivity index (χ4v) is 4.45. The molecule has 132 valence electrons. The molecule has 0 radical (unpaired) electrons. The summed E-state index contributed by atoms with van der Waals surface area (Å²) in [6, 6.07) is 9.01. The summed E-state index contributed by atoms with van der Waals surface area (Å²) in [6.45, 7) is 4.01. The maximum Gasteiger partial charge on any atom is 0.274 e. The summed E-state index contributed by atoms with van der Waals surface area (Å²) in [6.07, 6.45) is 2.15. The van der Waals surface area contributed by atoms with Crippen molar-refractivity contribution in [2.24, 2.45) is 0 Å². The quantitative estimate of drug-likeness (QED) is 0.876. The van der Waals surface area contributed by atoms with E-state index in [2.05, 4.69) is 15.6 Å². The Labute approximate surface area is 147 Å². The Morgan fingerprint density at radius 1 is 1.12 bits per heavy atom. The Morgan fingerprint density at radius 2 is 1.88 bits per heavy atom. The van der Waals surface area contributed by atoms with Crippen molar-refractivity contribution < 1.29 is 13.2 Å². The van der Waals surface area contributed by atoms with Crippen LogP contribution in [-0.2, 0) is 9.84 Å². The van der Waals surface area contributed by atoms with E-state index in [9.17, 15) is 13.2 Å². The molecule has 1 atom stereocenters. The molecule has 2 N–H and O–H groups in total. The molecule has 0 spiro atoms. The van der Waals surface area contributed by atoms with Crippen molar-refractivity contribution in [3.05, 3.63) is 53.3 Å². The number of hydrogen-bond donors (Lipinski definition) is 2. The lowest BCUT2D eigenvalue weighted by Crippen LogP contribution is -2.21. The third-order valence-corrected chi connectivity index (χ3v) is 6.13. The highest BCUT2D eigenvalue weighted by molar-refractivity contribution is 7.91. The summed E-state index contributed by atoms with van der Waals surface area (Å²) in [5, 5.41) is 5.98. The molecule has 6 nitrogen and oxygen atoms in total. The van der Waals surface area contributed by atoms with Crippen molar-refractivity contribution in [3.8, 4) is 0 Å². The molecule has 1 aliphatic heterocycles. The summed E-state index contributed by atoms with van der Waals surface area (Å²) in [5.74, 6) is 0.0783. The SMILES string of the molecule is Cc1ccc(NC(=O)c2ccc(NC3CCS(=O)(=O)C3)cn2)cc1C. The molecular weight excluding hydrogens is 338 g/mol. The number of nitrogens with zero attached hydrogens (tertiary/aromatic N) is 1. The van der Waals surface area contributed by atoms with E-state index in [1.54, 1.807) is 18.3 Å². The maximum atomic E-state index is 12.3. The summed E-state index contributed by atoms with van der Waals surface area (Å²) < 4.78 is 23.0. The first-order chi connectivity index (χ1) is 11.8. The number of carbonyl (C=O) groups excluding carboxylic acids is 1. The summed E-state index contributed by atoms with van der Waals surface area (Å²) in [5.41, 5.74) is 4.03. The van der Waals surface area contributed by atoms with Crippen LogP contribution < -0.4 is 10.6 Å². The molecule has 1 fully saturated rings. The van der Waals surface area contributed by atoms with Gasteiger partial charge in [0, 0.05) is 11.7 Å². The zero-order valence-electron chi connectivity index (χ0n) is 14.2. The lowest BCUT2D eigenvalue weighted by atomic mass is 10.1. The zero-order chi connectivity index (χ0) is 18.0. The van der Waals surface area contributed by atoms with E-state index in [-0.39, 0.29) is 23.5 Å². The molecular formula is C18H21N3O3S. The highest BCUT2D eigenvalue weighted by atomic mass is 32.2. The second kappa shape index (κ2) is 6.84. The molecule has 7 heteroatoms. The van der Waals surface area contributed by atoms with Crippen molar-refractivity contribution >= 4 is 27.1 Å². The predicted molar refractivity (Wildman–Crippen MR) is 98.8 cm³/mol. The van der Waals surface area contributed by atoms with Crippen LogP contribution in [0.2, 0.25) is 0 Å². The predicted octanol–water partition coefficient (Wildman–Crippen LogP) is 2.55. The van der Waals surface area contributed by atoms with Gasteiger partial charge in [0.1, 0.15) is 5.69 Å². The summed E-state index contributed by atoms with van der Waals surface area (Å²) >= 11 is 0. The molecule has 25 heavy (non-hydrogen) atoms. The standard InChI is InChI=1S/C18H21N3O3S/c1-12-3-4-14(9-13(12)2)21-18(22)17-6-5-15(10-19-17)20-16-7-8-25(23,24)11-16/h3-6,9-10,16,20H,7-8,11H2,1-2H3,(H,21,22). The van der Waals surface area contributed by atoms with E-state index in [0.717, 1.165) is 11.3 Å². The first-order valence-corrected chi connectivity index (χ1v) is 9.96. The molecule has 1 unspecified atom stereocenters. The number of aryl methyl sites for hydroxylation is 2. The molecule has 0 saturated carbocycles. The number of benzene rings is 1. The van der Waals surface area contributed by atoms with Gasteiger partial charge in [0.05, 0.1) is 23.4 Å². The Bertz CT molecular complexity index is 892. The van der Waals surface area contributed by atoms with E-state index < -0.39 is 9.84 Å². The van der Waals surface area contributed by atoms with E-state index >= 15 is 0 Å². The smallest absolute Gasteiger partial charge is 0.274 e. The number of carbonyl (C=O) groups is 1. The van der Waals surface area contributed by atoms with Gasteiger partial charge >= 0.3 is 0 Å². The maximum absolute atomic E-state index is 12.3. The Hall–Kier alpha value is -2.41. The fraction of sp³-hybridized carbons (Fsp3) is 0.333. The van der Waals surface area contributed by atoms with E-state index in [1.807, 2.05) is 32.0 Å². The molecule has 0 bridgehead atoms. The fourth-order valence-electron chi connectivity index (χ4n) is 2.77. The minimum Gasteiger partial charge on any atom is -0.380 e. The molecule has 2 aromatic rings. The highest BCUT2D eigenvalue weighted by Crippen LogP contribution is 2.18. The van der Waals surface area contributed by atoms with Crippen LogP contribution in [0.3, 0.4) is 0 Å². The van der Waals surface area contributed by atoms with Crippen LogP contribution in [0.4, 0.5) is 11.4 Å². The summed E-state index contributed by atoms with van der Waals surface area (Å²) in [7, 11) is -2.93. The minimum absolute atomic E-state index is 0.0954. The second-order valence-corrected chi connectivity index (χ2v) is 8.66. The van der Waals surface area contributed by atoms with Gasteiger partial charge in [0.25, 0.3) is 5.91 Å². The molecule has 1 amide bonds. The number of anilines is 2. The van der Waals surface area contributed by atoms with Crippen molar-refractivity contribution in [3.63, 3.8) is 0 Å². The molecule has 2 heterocycles. The number of rotatable bonds is 4. The first kappa shape index (κ1) is 17.4. The number of sulfone groups is 1. The van der Waals surface area contributed by atoms with Crippen LogP contribution in [0.15, 0.2) is 36.5 Å². The van der Waals surface area contributed by atoms with Crippen molar-refractivity contribution in [1.29, 1.82) is 0 Å². The lowest BCUT2D eigenvalue weighted by molar-refractivity contribution is 0.102. The number of nitrogens with one attached hydrogen (secondary N) is 2. The van der Waals surface area contributed by atoms with Crippen LogP contribution in [0.1, 0.15) is 28.0 Å². The monoisotopic (exact) mass is 359 g/mol. The van der Waals surface area contributed by atoms with E-state index in [4.69, 9.17) is 0 Å². The van der Waals surface area contributed by atoms with Crippen molar-refractivity contribution in [1.82, 2.24) is 4.98 Å². The van der Waals surface area contributed by atoms with Gasteiger partial charge in [-0.25, -0.2) is 13.4 Å². The van der Waals surface area contributed by atoms with Gasteiger partial charge in [-0.1, -0.05) is 6.07 Å².